The summed E-state index contributed by atoms with van der Waals surface area (Å²) in [6.45, 7) is 10.1. The lowest BCUT2D eigenvalue weighted by atomic mass is 9.70. The average molecular weight is 530 g/mol. The van der Waals surface area contributed by atoms with Crippen molar-refractivity contribution in [3.05, 3.63) is 69.9 Å². The second-order valence-electron chi connectivity index (χ2n) is 10.9. The van der Waals surface area contributed by atoms with E-state index in [1.807, 2.05) is 24.3 Å². The van der Waals surface area contributed by atoms with Gasteiger partial charge in [0.1, 0.15) is 39.8 Å². The van der Waals surface area contributed by atoms with Gasteiger partial charge in [-0.15, -0.1) is 0 Å². The fraction of sp³-hybridized carbons (Fsp3) is 0.333. The quantitative estimate of drug-likeness (QED) is 0.202. The van der Waals surface area contributed by atoms with Crippen molar-refractivity contribution in [2.24, 2.45) is 5.92 Å². The smallest absolute Gasteiger partial charge is 0.194 e. The summed E-state index contributed by atoms with van der Waals surface area (Å²) >= 11 is 0. The number of ketones is 3. The van der Waals surface area contributed by atoms with Crippen LogP contribution in [-0.2, 0) is 15.0 Å². The molecule has 0 saturated carbocycles. The second-order valence-corrected chi connectivity index (χ2v) is 10.9. The highest BCUT2D eigenvalue weighted by molar-refractivity contribution is 6.31. The van der Waals surface area contributed by atoms with E-state index in [9.17, 15) is 24.6 Å². The Bertz CT molecular complexity index is 1610. The lowest BCUT2D eigenvalue weighted by Gasteiger charge is -2.30. The highest BCUT2D eigenvalue weighted by Crippen LogP contribution is 2.57. The van der Waals surface area contributed by atoms with Crippen LogP contribution in [0.2, 0.25) is 0 Å². The predicted molar refractivity (Wildman–Crippen MR) is 145 cm³/mol. The fourth-order valence-electron chi connectivity index (χ4n) is 5.54. The number of phenolic OH excluding ortho intramolecular Hbond substituents is 2. The van der Waals surface area contributed by atoms with Crippen LogP contribution in [0.15, 0.2) is 47.4 Å². The Morgan fingerprint density at radius 1 is 1.15 bits per heavy atom. The molecule has 0 saturated heterocycles. The molecule has 9 nitrogen and oxygen atoms in total. The van der Waals surface area contributed by atoms with Crippen LogP contribution in [0.25, 0.3) is 11.0 Å². The number of aromatic amines is 1. The predicted octanol–water partition coefficient (Wildman–Crippen LogP) is 4.82. The number of carbonyl (C=O) groups excluding carboxylic acids is 3. The highest BCUT2D eigenvalue weighted by atomic mass is 16.5. The van der Waals surface area contributed by atoms with Gasteiger partial charge in [0.25, 0.3) is 0 Å². The second kappa shape index (κ2) is 9.11. The molecule has 0 spiro atoms. The normalized spacial score (nSPS) is 20.4. The Morgan fingerprint density at radius 2 is 1.85 bits per heavy atom. The maximum Gasteiger partial charge on any atom is 0.194 e. The zero-order valence-electron chi connectivity index (χ0n) is 22.7. The first kappa shape index (κ1) is 26.2. The number of rotatable bonds is 6. The van der Waals surface area contributed by atoms with Crippen LogP contribution in [0, 0.1) is 12.8 Å². The molecule has 202 valence electrons. The molecule has 2 heterocycles. The number of Topliss-reactive ketones (excluding diaryl/α,β-unsaturated/α-hetero) is 2. The van der Waals surface area contributed by atoms with Crippen LogP contribution in [0.3, 0.4) is 0 Å². The minimum Gasteiger partial charge on any atom is -0.507 e. The Morgan fingerprint density at radius 3 is 2.49 bits per heavy atom. The maximum absolute atomic E-state index is 14.1. The molecule has 0 radical (unpaired) electrons. The van der Waals surface area contributed by atoms with Crippen LogP contribution < -0.4 is 10.1 Å². The van der Waals surface area contributed by atoms with Gasteiger partial charge in [0, 0.05) is 17.3 Å². The van der Waals surface area contributed by atoms with Gasteiger partial charge < -0.3 is 25.3 Å². The summed E-state index contributed by atoms with van der Waals surface area (Å²) in [6, 6.07) is 7.36. The zero-order valence-corrected chi connectivity index (χ0v) is 22.7. The molecule has 4 N–H and O–H groups in total. The number of nitrogens with zero attached hydrogens (tertiary/aromatic N) is 1. The van der Waals surface area contributed by atoms with Crippen molar-refractivity contribution in [1.82, 2.24) is 15.3 Å². The molecule has 39 heavy (non-hydrogen) atoms. The van der Waals surface area contributed by atoms with Crippen LogP contribution in [-0.4, -0.2) is 37.5 Å². The number of H-pyrrole nitrogens is 1. The van der Waals surface area contributed by atoms with E-state index in [-0.39, 0.29) is 51.5 Å². The maximum atomic E-state index is 14.1. The summed E-state index contributed by atoms with van der Waals surface area (Å²) in [4.78, 5) is 47.9. The number of aromatic hydroxyl groups is 2. The molecule has 0 fully saturated rings. The van der Waals surface area contributed by atoms with Gasteiger partial charge >= 0.3 is 0 Å². The highest BCUT2D eigenvalue weighted by Gasteiger charge is 2.56. The lowest BCUT2D eigenvalue weighted by molar-refractivity contribution is -0.123. The van der Waals surface area contributed by atoms with E-state index in [0.717, 1.165) is 11.0 Å². The molecule has 0 unspecified atom stereocenters. The number of ether oxygens (including phenoxy) is 1. The summed E-state index contributed by atoms with van der Waals surface area (Å²) in [6.07, 6.45) is 1.90. The standard InChI is InChI=1S/C30H31N3O6/c1-13(2)11-19(29-32-17-9-7-8-10-18(17)33-29)31-15(4)22-20(35)12-21-30(6,28(22)38)24-26(37)14(3)25(36)23(16(5)34)27(24)39-21/h7-10,12-13,19,31,36-37H,11H2,1-6H3,(H,32,33)/b22-15+/t19-,30-/m1/s1. The van der Waals surface area contributed by atoms with Gasteiger partial charge in [-0.1, -0.05) is 26.0 Å². The molecule has 9 heteroatoms. The van der Waals surface area contributed by atoms with E-state index >= 15 is 0 Å². The SMILES string of the molecule is CC(=O)c1c(O)c(C)c(O)c2c1OC1=CC(=O)/C(=C(/C)N[C@H](CC(C)C)c3nc4ccccc4[nH]3)C(=O)[C@]12C. The first-order valence-electron chi connectivity index (χ1n) is 12.9. The van der Waals surface area contributed by atoms with Crippen LogP contribution in [0.4, 0.5) is 0 Å². The summed E-state index contributed by atoms with van der Waals surface area (Å²) in [5.74, 6) is -1.53. The number of nitrogens with one attached hydrogen (secondary N) is 2. The minimum absolute atomic E-state index is 0.00265. The Kier molecular flexibility index (Phi) is 6.13. The Balaban J connectivity index is 1.62. The molecular formula is C30H31N3O6. The van der Waals surface area contributed by atoms with Crippen LogP contribution in [0.5, 0.6) is 17.2 Å². The molecule has 2 aromatic carbocycles. The molecule has 1 aliphatic heterocycles. The van der Waals surface area contributed by atoms with Gasteiger partial charge in [0.2, 0.25) is 0 Å². The number of para-hydroxylation sites is 2. The molecule has 5 rings (SSSR count). The molecule has 2 atom stereocenters. The molecule has 1 aliphatic carbocycles. The van der Waals surface area contributed by atoms with E-state index < -0.39 is 28.5 Å². The van der Waals surface area contributed by atoms with Crippen molar-refractivity contribution < 1.29 is 29.3 Å². The van der Waals surface area contributed by atoms with Gasteiger partial charge in [-0.3, -0.25) is 14.4 Å². The largest absolute Gasteiger partial charge is 0.507 e. The monoisotopic (exact) mass is 529 g/mol. The fourth-order valence-corrected chi connectivity index (χ4v) is 5.54. The number of phenols is 2. The van der Waals surface area contributed by atoms with Gasteiger partial charge in [-0.05, 0) is 52.2 Å². The topological polar surface area (TPSA) is 142 Å². The summed E-state index contributed by atoms with van der Waals surface area (Å²) in [5.41, 5.74) is 0.396. The van der Waals surface area contributed by atoms with Crippen molar-refractivity contribution in [3.63, 3.8) is 0 Å². The number of benzene rings is 2. The lowest BCUT2D eigenvalue weighted by Crippen LogP contribution is -2.41. The average Bonchev–Trinajstić information content (AvgIpc) is 3.41. The summed E-state index contributed by atoms with van der Waals surface area (Å²) in [5, 5.41) is 24.9. The van der Waals surface area contributed by atoms with Crippen LogP contribution in [0.1, 0.15) is 74.4 Å². The van der Waals surface area contributed by atoms with Gasteiger partial charge in [0.05, 0.1) is 28.2 Å². The third-order valence-electron chi connectivity index (χ3n) is 7.60. The molecule has 0 amide bonds. The third kappa shape index (κ3) is 3.91. The van der Waals surface area contributed by atoms with Crippen molar-refractivity contribution >= 4 is 28.4 Å². The zero-order chi connectivity index (χ0) is 28.4. The summed E-state index contributed by atoms with van der Waals surface area (Å²) in [7, 11) is 0. The van der Waals surface area contributed by atoms with E-state index in [1.54, 1.807) is 13.8 Å². The Labute approximate surface area is 225 Å². The van der Waals surface area contributed by atoms with Crippen molar-refractivity contribution in [2.75, 3.05) is 0 Å². The third-order valence-corrected chi connectivity index (χ3v) is 7.60. The number of allylic oxidation sites excluding steroid dienone is 4. The van der Waals surface area contributed by atoms with Crippen molar-refractivity contribution in [2.45, 2.75) is 59.4 Å². The molecule has 1 aromatic heterocycles. The Hall–Kier alpha value is -4.40. The van der Waals surface area contributed by atoms with Crippen LogP contribution >= 0.6 is 0 Å². The van der Waals surface area contributed by atoms with E-state index in [4.69, 9.17) is 9.72 Å². The van der Waals surface area contributed by atoms with Gasteiger partial charge in [-0.25, -0.2) is 4.98 Å². The number of fused-ring (bicyclic) bond motifs is 4. The summed E-state index contributed by atoms with van der Waals surface area (Å²) < 4.78 is 5.85. The number of hydrogen-bond donors (Lipinski definition) is 4. The van der Waals surface area contributed by atoms with Crippen molar-refractivity contribution in [1.29, 1.82) is 0 Å². The van der Waals surface area contributed by atoms with E-state index in [1.165, 1.54) is 19.9 Å². The number of aromatic nitrogens is 2. The minimum atomic E-state index is -1.57. The van der Waals surface area contributed by atoms with E-state index in [0.29, 0.717) is 17.9 Å². The molecular weight excluding hydrogens is 498 g/mol. The first-order valence-corrected chi connectivity index (χ1v) is 12.9. The molecule has 0 bridgehead atoms. The first-order chi connectivity index (χ1) is 18.4. The number of imidazole rings is 1. The van der Waals surface area contributed by atoms with Gasteiger partial charge in [0.15, 0.2) is 17.3 Å². The van der Waals surface area contributed by atoms with E-state index in [2.05, 4.69) is 24.1 Å². The molecule has 2 aliphatic rings. The van der Waals surface area contributed by atoms with Crippen molar-refractivity contribution in [3.8, 4) is 17.2 Å². The number of carbonyl (C=O) groups is 3. The van der Waals surface area contributed by atoms with Gasteiger partial charge in [-0.2, -0.15) is 0 Å². The number of hydrogen-bond acceptors (Lipinski definition) is 8. The molecule has 3 aromatic rings.